The van der Waals surface area contributed by atoms with Crippen LogP contribution in [-0.4, -0.2) is 34.1 Å². The van der Waals surface area contributed by atoms with Crippen molar-refractivity contribution in [3.05, 3.63) is 15.9 Å². The third-order valence-corrected chi connectivity index (χ3v) is 6.38. The molecule has 0 aliphatic carbocycles. The van der Waals surface area contributed by atoms with E-state index in [4.69, 9.17) is 16.3 Å². The lowest BCUT2D eigenvalue weighted by Gasteiger charge is -2.16. The van der Waals surface area contributed by atoms with E-state index in [1.165, 1.54) is 7.11 Å². The van der Waals surface area contributed by atoms with E-state index in [0.717, 1.165) is 11.3 Å². The lowest BCUT2D eigenvalue weighted by atomic mass is 10.3. The van der Waals surface area contributed by atoms with Gasteiger partial charge in [-0.3, -0.25) is 0 Å². The second kappa shape index (κ2) is 7.06. The molecular formula is C9H13BrClNO3S2. The molecule has 98 valence electrons. The summed E-state index contributed by atoms with van der Waals surface area (Å²) in [5, 5.41) is 1.71. The van der Waals surface area contributed by atoms with Gasteiger partial charge in [-0.2, -0.15) is 0 Å². The average molecular weight is 363 g/mol. The topological polar surface area (TPSA) is 55.4 Å². The van der Waals surface area contributed by atoms with Crippen LogP contribution in [0.25, 0.3) is 0 Å². The molecule has 0 aromatic carbocycles. The number of nitrogens with one attached hydrogen (secondary N) is 1. The Kier molecular flexibility index (Phi) is 6.39. The van der Waals surface area contributed by atoms with E-state index in [-0.39, 0.29) is 10.3 Å². The minimum atomic E-state index is -3.51. The van der Waals surface area contributed by atoms with Gasteiger partial charge in [0.25, 0.3) is 10.0 Å². The molecule has 1 rings (SSSR count). The summed E-state index contributed by atoms with van der Waals surface area (Å²) in [7, 11) is -1.98. The van der Waals surface area contributed by atoms with Gasteiger partial charge < -0.3 is 4.74 Å². The second-order valence-corrected chi connectivity index (χ2v) is 7.36. The summed E-state index contributed by atoms with van der Waals surface area (Å²) in [5.74, 6) is 0.377. The van der Waals surface area contributed by atoms with Gasteiger partial charge in [0.15, 0.2) is 0 Å². The molecule has 0 spiro atoms. The Morgan fingerprint density at radius 3 is 2.82 bits per heavy atom. The quantitative estimate of drug-likeness (QED) is 0.758. The first-order valence-electron chi connectivity index (χ1n) is 4.81. The van der Waals surface area contributed by atoms with Gasteiger partial charge >= 0.3 is 0 Å². The summed E-state index contributed by atoms with van der Waals surface area (Å²) in [5.41, 5.74) is 0. The van der Waals surface area contributed by atoms with Crippen LogP contribution in [0, 0.1) is 0 Å². The summed E-state index contributed by atoms with van der Waals surface area (Å²) in [4.78, 5) is 0. The third kappa shape index (κ3) is 4.50. The number of alkyl halides is 1. The van der Waals surface area contributed by atoms with Gasteiger partial charge in [0.1, 0.15) is 4.21 Å². The smallest absolute Gasteiger partial charge is 0.251 e. The predicted octanol–water partition coefficient (Wildman–Crippen LogP) is 2.43. The summed E-state index contributed by atoms with van der Waals surface area (Å²) >= 11 is 9.99. The molecule has 8 heteroatoms. The summed E-state index contributed by atoms with van der Waals surface area (Å²) in [6, 6.07) is 1.39. The minimum absolute atomic E-state index is 0.271. The Hall–Kier alpha value is 0.340. The molecule has 1 aromatic heterocycles. The molecule has 0 bridgehead atoms. The van der Waals surface area contributed by atoms with Crippen molar-refractivity contribution in [2.45, 2.75) is 16.7 Å². The highest BCUT2D eigenvalue weighted by Crippen LogP contribution is 2.27. The number of hydrogen-bond acceptors (Lipinski definition) is 4. The highest BCUT2D eigenvalue weighted by Gasteiger charge is 2.23. The maximum absolute atomic E-state index is 12.0. The van der Waals surface area contributed by atoms with Crippen molar-refractivity contribution in [1.29, 1.82) is 0 Å². The Morgan fingerprint density at radius 1 is 1.65 bits per heavy atom. The number of rotatable bonds is 7. The molecule has 0 aliphatic heterocycles. The number of methoxy groups -OCH3 is 1. The molecule has 0 fully saturated rings. The van der Waals surface area contributed by atoms with E-state index < -0.39 is 10.0 Å². The van der Waals surface area contributed by atoms with Crippen molar-refractivity contribution in [3.63, 3.8) is 0 Å². The Bertz CT molecular complexity index is 443. The van der Waals surface area contributed by atoms with Crippen molar-refractivity contribution in [2.24, 2.45) is 0 Å². The summed E-state index contributed by atoms with van der Waals surface area (Å²) < 4.78 is 32.5. The maximum atomic E-state index is 12.0. The Balaban J connectivity index is 2.81. The van der Waals surface area contributed by atoms with E-state index >= 15 is 0 Å². The molecule has 0 amide bonds. The molecule has 1 unspecified atom stereocenters. The van der Waals surface area contributed by atoms with E-state index in [1.807, 2.05) is 0 Å². The zero-order valence-electron chi connectivity index (χ0n) is 9.15. The molecule has 1 heterocycles. The van der Waals surface area contributed by atoms with Crippen LogP contribution in [0.5, 0.6) is 0 Å². The van der Waals surface area contributed by atoms with Crippen LogP contribution in [0.15, 0.2) is 20.1 Å². The molecule has 0 saturated heterocycles. The van der Waals surface area contributed by atoms with Crippen LogP contribution in [0.2, 0.25) is 0 Å². The molecule has 0 radical (unpaired) electrons. The molecule has 1 atom stereocenters. The van der Waals surface area contributed by atoms with Crippen LogP contribution in [-0.2, 0) is 14.8 Å². The number of thiophene rings is 1. The van der Waals surface area contributed by atoms with E-state index in [1.54, 1.807) is 11.4 Å². The first-order chi connectivity index (χ1) is 8.01. The van der Waals surface area contributed by atoms with Gasteiger partial charge in [-0.05, 0) is 33.8 Å². The number of sulfonamides is 1. The Morgan fingerprint density at radius 2 is 2.35 bits per heavy atom. The fraction of sp³-hybridized carbons (Fsp3) is 0.556. The van der Waals surface area contributed by atoms with E-state index in [0.29, 0.717) is 23.4 Å². The first kappa shape index (κ1) is 15.4. The molecular weight excluding hydrogens is 350 g/mol. The van der Waals surface area contributed by atoms with Gasteiger partial charge in [0, 0.05) is 23.5 Å². The van der Waals surface area contributed by atoms with Crippen LogP contribution in [0.4, 0.5) is 0 Å². The number of ether oxygens (including phenoxy) is 1. The second-order valence-electron chi connectivity index (χ2n) is 3.31. The van der Waals surface area contributed by atoms with Crippen molar-refractivity contribution in [3.8, 4) is 0 Å². The van der Waals surface area contributed by atoms with E-state index in [2.05, 4.69) is 20.7 Å². The number of hydrogen-bond donors (Lipinski definition) is 1. The zero-order valence-corrected chi connectivity index (χ0v) is 13.1. The minimum Gasteiger partial charge on any atom is -0.383 e. The fourth-order valence-electron chi connectivity index (χ4n) is 1.25. The number of halogens is 2. The maximum Gasteiger partial charge on any atom is 0.251 e. The lowest BCUT2D eigenvalue weighted by molar-refractivity contribution is 0.173. The first-order valence-corrected chi connectivity index (χ1v) is 8.50. The molecule has 1 N–H and O–H groups in total. The highest BCUT2D eigenvalue weighted by molar-refractivity contribution is 9.10. The fourth-order valence-corrected chi connectivity index (χ4v) is 5.13. The lowest BCUT2D eigenvalue weighted by Crippen LogP contribution is -2.38. The Labute approximate surface area is 118 Å². The molecule has 0 aliphatic rings. The standard InChI is InChI=1S/C9H13BrClNO3S2/c1-15-6-7(2-4-11)12-17(13,14)9-8(10)3-5-16-9/h3,5,7,12H,2,4,6H2,1H3. The molecule has 1 aromatic rings. The van der Waals surface area contributed by atoms with E-state index in [9.17, 15) is 8.42 Å². The van der Waals surface area contributed by atoms with Crippen molar-refractivity contribution < 1.29 is 13.2 Å². The molecule has 4 nitrogen and oxygen atoms in total. The van der Waals surface area contributed by atoms with Gasteiger partial charge in [-0.1, -0.05) is 0 Å². The monoisotopic (exact) mass is 361 g/mol. The van der Waals surface area contributed by atoms with Crippen LogP contribution < -0.4 is 4.72 Å². The van der Waals surface area contributed by atoms with Crippen molar-refractivity contribution in [1.82, 2.24) is 4.72 Å². The largest absolute Gasteiger partial charge is 0.383 e. The van der Waals surface area contributed by atoms with Crippen LogP contribution in [0.1, 0.15) is 6.42 Å². The van der Waals surface area contributed by atoms with Crippen LogP contribution in [0.3, 0.4) is 0 Å². The summed E-state index contributed by atoms with van der Waals surface area (Å²) in [6.45, 7) is 0.301. The van der Waals surface area contributed by atoms with Gasteiger partial charge in [0.2, 0.25) is 0 Å². The highest BCUT2D eigenvalue weighted by atomic mass is 79.9. The third-order valence-electron chi connectivity index (χ3n) is 1.98. The molecule has 17 heavy (non-hydrogen) atoms. The van der Waals surface area contributed by atoms with Crippen molar-refractivity contribution >= 4 is 48.9 Å². The molecule has 0 saturated carbocycles. The summed E-state index contributed by atoms with van der Waals surface area (Å²) in [6.07, 6.45) is 0.525. The predicted molar refractivity (Wildman–Crippen MR) is 73.3 cm³/mol. The van der Waals surface area contributed by atoms with Crippen LogP contribution >= 0.6 is 38.9 Å². The normalized spacial score (nSPS) is 13.8. The van der Waals surface area contributed by atoms with Gasteiger partial charge in [-0.25, -0.2) is 13.1 Å². The van der Waals surface area contributed by atoms with Gasteiger partial charge in [0.05, 0.1) is 6.61 Å². The SMILES string of the molecule is COCC(CCCl)NS(=O)(=O)c1sccc1Br. The van der Waals surface area contributed by atoms with Gasteiger partial charge in [-0.15, -0.1) is 22.9 Å². The zero-order chi connectivity index (χ0) is 12.9. The average Bonchev–Trinajstić information content (AvgIpc) is 2.65. The van der Waals surface area contributed by atoms with Crippen molar-refractivity contribution in [2.75, 3.05) is 19.6 Å².